The Bertz CT molecular complexity index is 1180. The summed E-state index contributed by atoms with van der Waals surface area (Å²) >= 11 is 0. The van der Waals surface area contributed by atoms with Crippen molar-refractivity contribution in [1.29, 1.82) is 0 Å². The van der Waals surface area contributed by atoms with Crippen LogP contribution in [-0.2, 0) is 19.6 Å². The van der Waals surface area contributed by atoms with Crippen LogP contribution in [0.2, 0.25) is 0 Å². The summed E-state index contributed by atoms with van der Waals surface area (Å²) in [5.74, 6) is 1.61. The maximum Gasteiger partial charge on any atom is 0.261 e. The Balaban J connectivity index is 1.31. The van der Waals surface area contributed by atoms with Crippen molar-refractivity contribution in [3.8, 4) is 11.5 Å². The fraction of sp³-hybridized carbons (Fsp3) is 0.480. The molecule has 10 heteroatoms. The van der Waals surface area contributed by atoms with Gasteiger partial charge in [-0.25, -0.2) is 8.42 Å². The number of ether oxygens (including phenoxy) is 3. The lowest BCUT2D eigenvalue weighted by molar-refractivity contribution is -0.142. The van der Waals surface area contributed by atoms with Crippen molar-refractivity contribution < 1.29 is 32.5 Å². The lowest BCUT2D eigenvalue weighted by Crippen LogP contribution is -2.47. The predicted molar refractivity (Wildman–Crippen MR) is 128 cm³/mol. The second-order valence-corrected chi connectivity index (χ2v) is 11.1. The first kappa shape index (κ1) is 23.9. The van der Waals surface area contributed by atoms with Crippen LogP contribution in [0, 0.1) is 5.92 Å². The van der Waals surface area contributed by atoms with Gasteiger partial charge in [0, 0.05) is 23.7 Å². The van der Waals surface area contributed by atoms with E-state index in [2.05, 4.69) is 10.0 Å². The zero-order chi connectivity index (χ0) is 24.6. The Hall–Kier alpha value is -2.82. The molecule has 1 saturated carbocycles. The van der Waals surface area contributed by atoms with E-state index in [0.717, 1.165) is 18.4 Å². The molecule has 35 heavy (non-hydrogen) atoms. The molecule has 188 valence electrons. The Morgan fingerprint density at radius 1 is 1.17 bits per heavy atom. The molecule has 2 aliphatic heterocycles. The van der Waals surface area contributed by atoms with E-state index in [0.29, 0.717) is 36.1 Å². The maximum absolute atomic E-state index is 12.9. The highest BCUT2D eigenvalue weighted by molar-refractivity contribution is 7.92. The van der Waals surface area contributed by atoms with Gasteiger partial charge in [-0.1, -0.05) is 0 Å². The van der Waals surface area contributed by atoms with Gasteiger partial charge in [-0.05, 0) is 67.6 Å². The van der Waals surface area contributed by atoms with E-state index in [1.165, 1.54) is 19.2 Å². The van der Waals surface area contributed by atoms with Gasteiger partial charge < -0.3 is 24.6 Å². The summed E-state index contributed by atoms with van der Waals surface area (Å²) in [7, 11) is -2.28. The van der Waals surface area contributed by atoms with Crippen LogP contribution < -0.4 is 19.5 Å². The van der Waals surface area contributed by atoms with Crippen molar-refractivity contribution in [1.82, 2.24) is 5.32 Å². The molecule has 2 fully saturated rings. The third-order valence-electron chi connectivity index (χ3n) is 6.82. The predicted octanol–water partition coefficient (Wildman–Crippen LogP) is 2.41. The average Bonchev–Trinajstić information content (AvgIpc) is 3.62. The number of hydrogen-bond acceptors (Lipinski definition) is 7. The Labute approximate surface area is 204 Å². The van der Waals surface area contributed by atoms with Crippen molar-refractivity contribution in [2.75, 3.05) is 25.0 Å². The van der Waals surface area contributed by atoms with Gasteiger partial charge in [0.05, 0.1) is 31.1 Å². The molecule has 9 nitrogen and oxygen atoms in total. The van der Waals surface area contributed by atoms with Crippen LogP contribution in [0.3, 0.4) is 0 Å². The fourth-order valence-electron chi connectivity index (χ4n) is 4.78. The van der Waals surface area contributed by atoms with Crippen LogP contribution in [0.15, 0.2) is 47.4 Å². The highest BCUT2D eigenvalue weighted by Gasteiger charge is 2.46. The summed E-state index contributed by atoms with van der Waals surface area (Å²) < 4.78 is 45.6. The second-order valence-electron chi connectivity index (χ2n) is 9.39. The van der Waals surface area contributed by atoms with Gasteiger partial charge in [0.25, 0.3) is 10.0 Å². The number of carbonyl (C=O) groups excluding carboxylic acids is 1. The number of sulfonamides is 1. The van der Waals surface area contributed by atoms with E-state index in [1.54, 1.807) is 30.3 Å². The van der Waals surface area contributed by atoms with E-state index in [1.807, 2.05) is 0 Å². The first-order valence-corrected chi connectivity index (χ1v) is 13.3. The molecule has 1 amide bonds. The molecule has 1 saturated heterocycles. The third kappa shape index (κ3) is 5.24. The number of nitrogens with one attached hydrogen (secondary N) is 2. The lowest BCUT2D eigenvalue weighted by Gasteiger charge is -2.37. The zero-order valence-electron chi connectivity index (χ0n) is 19.5. The summed E-state index contributed by atoms with van der Waals surface area (Å²) in [6.07, 6.45) is 1.76. The quantitative estimate of drug-likeness (QED) is 0.481. The van der Waals surface area contributed by atoms with Gasteiger partial charge in [0.1, 0.15) is 23.7 Å². The maximum atomic E-state index is 12.9. The van der Waals surface area contributed by atoms with Crippen LogP contribution in [0.5, 0.6) is 11.5 Å². The van der Waals surface area contributed by atoms with Crippen molar-refractivity contribution in [2.24, 2.45) is 5.92 Å². The number of anilines is 1. The molecule has 3 aliphatic rings. The lowest BCUT2D eigenvalue weighted by atomic mass is 9.84. The molecule has 0 unspecified atom stereocenters. The number of methoxy groups -OCH3 is 1. The Morgan fingerprint density at radius 3 is 2.63 bits per heavy atom. The second kappa shape index (κ2) is 9.67. The molecule has 2 aromatic rings. The minimum Gasteiger partial charge on any atom is -0.497 e. The molecule has 2 aromatic carbocycles. The normalized spacial score (nSPS) is 25.2. The van der Waals surface area contributed by atoms with E-state index >= 15 is 0 Å². The number of amides is 1. The highest BCUT2D eigenvalue weighted by Crippen LogP contribution is 2.47. The van der Waals surface area contributed by atoms with Crippen LogP contribution in [0.4, 0.5) is 5.69 Å². The van der Waals surface area contributed by atoms with Gasteiger partial charge >= 0.3 is 0 Å². The number of rotatable bonds is 9. The summed E-state index contributed by atoms with van der Waals surface area (Å²) in [5.41, 5.74) is 1.25. The van der Waals surface area contributed by atoms with Crippen LogP contribution in [0.25, 0.3) is 0 Å². The van der Waals surface area contributed by atoms with Crippen molar-refractivity contribution in [3.63, 3.8) is 0 Å². The molecule has 0 bridgehead atoms. The fourth-order valence-corrected chi connectivity index (χ4v) is 5.83. The average molecular weight is 503 g/mol. The number of fused-ring (bicyclic) bond motifs is 3. The molecule has 3 N–H and O–H groups in total. The number of benzene rings is 2. The van der Waals surface area contributed by atoms with E-state index in [4.69, 9.17) is 14.2 Å². The first-order valence-electron chi connectivity index (χ1n) is 11.9. The summed E-state index contributed by atoms with van der Waals surface area (Å²) in [6.45, 7) is 0.469. The molecule has 0 spiro atoms. The SMILES string of the molecule is COc1ccc(S(=O)(=O)Nc2ccc3c(c2)[C@@H]2C[C@@H](CC(=O)NCC4CC4)O[C@@H](CO)[C@@H]2O3)cc1. The smallest absolute Gasteiger partial charge is 0.261 e. The number of carbonyl (C=O) groups is 1. The summed E-state index contributed by atoms with van der Waals surface area (Å²) in [4.78, 5) is 12.5. The summed E-state index contributed by atoms with van der Waals surface area (Å²) in [6, 6.07) is 11.3. The molecular formula is C25H30N2O7S. The molecule has 4 atom stereocenters. The van der Waals surface area contributed by atoms with Crippen LogP contribution in [0.1, 0.15) is 37.2 Å². The first-order chi connectivity index (χ1) is 16.9. The van der Waals surface area contributed by atoms with Gasteiger partial charge in [-0.2, -0.15) is 0 Å². The molecule has 2 heterocycles. The Kier molecular flexibility index (Phi) is 6.61. The van der Waals surface area contributed by atoms with E-state index in [9.17, 15) is 18.3 Å². The standard InChI is InChI=1S/C25H30N2O7S/c1-32-17-5-7-19(8-6-17)35(30,31)27-16-4-9-22-20(10-16)21-11-18(33-23(14-28)25(21)34-22)12-24(29)26-13-15-2-3-15/h4-10,15,18,21,23,25,27-28H,2-3,11-14H2,1H3,(H,26,29)/t18-,21-,23-,25+/m0/s1. The van der Waals surface area contributed by atoms with Crippen molar-refractivity contribution in [3.05, 3.63) is 48.0 Å². The highest BCUT2D eigenvalue weighted by atomic mass is 32.2. The van der Waals surface area contributed by atoms with Crippen LogP contribution in [-0.4, -0.2) is 58.0 Å². The van der Waals surface area contributed by atoms with Crippen molar-refractivity contribution in [2.45, 2.75) is 54.8 Å². The minimum atomic E-state index is -3.80. The van der Waals surface area contributed by atoms with E-state index in [-0.39, 0.29) is 35.9 Å². The third-order valence-corrected chi connectivity index (χ3v) is 8.22. The number of hydrogen-bond donors (Lipinski definition) is 3. The van der Waals surface area contributed by atoms with Gasteiger partial charge in [0.15, 0.2) is 0 Å². The minimum absolute atomic E-state index is 0.0582. The van der Waals surface area contributed by atoms with Gasteiger partial charge in [-0.3, -0.25) is 9.52 Å². The molecule has 0 aromatic heterocycles. The molecule has 5 rings (SSSR count). The molecule has 1 aliphatic carbocycles. The van der Waals surface area contributed by atoms with Gasteiger partial charge in [-0.15, -0.1) is 0 Å². The topological polar surface area (TPSA) is 123 Å². The summed E-state index contributed by atoms with van der Waals surface area (Å²) in [5, 5.41) is 12.9. The number of aliphatic hydroxyl groups excluding tert-OH is 1. The number of aliphatic hydroxyl groups is 1. The zero-order valence-corrected chi connectivity index (χ0v) is 20.3. The monoisotopic (exact) mass is 502 g/mol. The van der Waals surface area contributed by atoms with Gasteiger partial charge in [0.2, 0.25) is 5.91 Å². The largest absolute Gasteiger partial charge is 0.497 e. The van der Waals surface area contributed by atoms with Crippen molar-refractivity contribution >= 4 is 21.6 Å². The Morgan fingerprint density at radius 2 is 1.94 bits per heavy atom. The molecule has 0 radical (unpaired) electrons. The molecular weight excluding hydrogens is 472 g/mol. The van der Waals surface area contributed by atoms with Crippen LogP contribution >= 0.6 is 0 Å². The van der Waals surface area contributed by atoms with E-state index < -0.39 is 22.2 Å².